The molecule has 0 spiro atoms. The quantitative estimate of drug-likeness (QED) is 0.300. The van der Waals surface area contributed by atoms with Crippen LogP contribution in [0.5, 0.6) is 0 Å². The Balaban J connectivity index is 1.60. The number of rotatable bonds is 12. The van der Waals surface area contributed by atoms with Crippen molar-refractivity contribution >= 4 is 40.0 Å². The number of hydrogen-bond donors (Lipinski definition) is 3. The summed E-state index contributed by atoms with van der Waals surface area (Å²) in [5.41, 5.74) is 1.29. The fourth-order valence-corrected chi connectivity index (χ4v) is 4.48. The molecule has 0 unspecified atom stereocenters. The second kappa shape index (κ2) is 13.7. The highest BCUT2D eigenvalue weighted by molar-refractivity contribution is 6.02. The van der Waals surface area contributed by atoms with Crippen LogP contribution in [0.15, 0.2) is 72.8 Å². The highest BCUT2D eigenvalue weighted by atomic mass is 16.2. The summed E-state index contributed by atoms with van der Waals surface area (Å²) in [4.78, 5) is 51.4. The molecule has 206 valence electrons. The van der Waals surface area contributed by atoms with Gasteiger partial charge < -0.3 is 16.0 Å². The van der Waals surface area contributed by atoms with Gasteiger partial charge in [-0.3, -0.25) is 19.2 Å². The van der Waals surface area contributed by atoms with E-state index in [9.17, 15) is 19.2 Å². The molecule has 3 aromatic carbocycles. The standard InChI is InChI=1S/C32H39N3O4/c1-22(19-29(37)34-28-16-10-14-24-13-8-9-15-27(24)28)33-31(39)25(21-30(38)35-32(2,3)4)20-26(36)18-17-23-11-6-5-7-12-23/h5-16,22,25H,17-21H2,1-4H3,(H,33,39)(H,34,37)(H,35,38)/t22-,25-/m0/s1. The Labute approximate surface area is 230 Å². The molecule has 0 aromatic heterocycles. The van der Waals surface area contributed by atoms with E-state index >= 15 is 0 Å². The van der Waals surface area contributed by atoms with Gasteiger partial charge in [0.1, 0.15) is 5.78 Å². The largest absolute Gasteiger partial charge is 0.353 e. The van der Waals surface area contributed by atoms with Crippen LogP contribution in [0, 0.1) is 5.92 Å². The molecule has 0 fully saturated rings. The lowest BCUT2D eigenvalue weighted by atomic mass is 9.93. The first kappa shape index (κ1) is 29.6. The molecule has 3 rings (SSSR count). The Morgan fingerprint density at radius 3 is 2.15 bits per heavy atom. The zero-order valence-electron chi connectivity index (χ0n) is 23.3. The summed E-state index contributed by atoms with van der Waals surface area (Å²) in [6.45, 7) is 7.33. The first-order valence-electron chi connectivity index (χ1n) is 13.4. The molecular formula is C32H39N3O4. The third-order valence-corrected chi connectivity index (χ3v) is 6.27. The van der Waals surface area contributed by atoms with Crippen molar-refractivity contribution in [2.24, 2.45) is 5.92 Å². The summed E-state index contributed by atoms with van der Waals surface area (Å²) < 4.78 is 0. The summed E-state index contributed by atoms with van der Waals surface area (Å²) in [5, 5.41) is 10.6. The number of hydrogen-bond acceptors (Lipinski definition) is 4. The van der Waals surface area contributed by atoms with E-state index in [1.54, 1.807) is 6.92 Å². The predicted octanol–water partition coefficient (Wildman–Crippen LogP) is 5.19. The van der Waals surface area contributed by atoms with Gasteiger partial charge in [-0.1, -0.05) is 66.7 Å². The molecule has 3 N–H and O–H groups in total. The lowest BCUT2D eigenvalue weighted by Gasteiger charge is -2.24. The number of amides is 3. The number of carbonyl (C=O) groups excluding carboxylic acids is 4. The SMILES string of the molecule is C[C@@H](CC(=O)Nc1cccc2ccccc12)NC(=O)[C@@H](CC(=O)CCc1ccccc1)CC(=O)NC(C)(C)C. The van der Waals surface area contributed by atoms with Crippen LogP contribution >= 0.6 is 0 Å². The molecule has 3 amide bonds. The van der Waals surface area contributed by atoms with Crippen molar-refractivity contribution in [1.29, 1.82) is 0 Å². The van der Waals surface area contributed by atoms with Crippen molar-refractivity contribution in [1.82, 2.24) is 10.6 Å². The van der Waals surface area contributed by atoms with Crippen LogP contribution in [0.2, 0.25) is 0 Å². The van der Waals surface area contributed by atoms with Crippen molar-refractivity contribution in [3.63, 3.8) is 0 Å². The normalized spacial score (nSPS) is 12.8. The van der Waals surface area contributed by atoms with E-state index in [0.717, 1.165) is 16.3 Å². The van der Waals surface area contributed by atoms with E-state index < -0.39 is 23.4 Å². The molecule has 39 heavy (non-hydrogen) atoms. The van der Waals surface area contributed by atoms with Gasteiger partial charge in [0.05, 0.1) is 5.92 Å². The molecule has 0 heterocycles. The Morgan fingerprint density at radius 1 is 0.769 bits per heavy atom. The lowest BCUT2D eigenvalue weighted by Crippen LogP contribution is -2.44. The molecule has 0 aliphatic rings. The van der Waals surface area contributed by atoms with Crippen molar-refractivity contribution in [3.8, 4) is 0 Å². The molecule has 0 bridgehead atoms. The maximum atomic E-state index is 13.2. The minimum absolute atomic E-state index is 0.0366. The molecule has 0 saturated heterocycles. The van der Waals surface area contributed by atoms with Crippen LogP contribution in [0.25, 0.3) is 10.8 Å². The topological polar surface area (TPSA) is 104 Å². The second-order valence-corrected chi connectivity index (χ2v) is 11.1. The van der Waals surface area contributed by atoms with Crippen molar-refractivity contribution < 1.29 is 19.2 Å². The minimum Gasteiger partial charge on any atom is -0.353 e. The highest BCUT2D eigenvalue weighted by Crippen LogP contribution is 2.23. The van der Waals surface area contributed by atoms with E-state index in [1.165, 1.54) is 0 Å². The summed E-state index contributed by atoms with van der Waals surface area (Å²) in [7, 11) is 0. The molecule has 0 radical (unpaired) electrons. The van der Waals surface area contributed by atoms with Crippen molar-refractivity contribution in [3.05, 3.63) is 78.4 Å². The summed E-state index contributed by atoms with van der Waals surface area (Å²) in [6.07, 6.45) is 0.780. The number of fused-ring (bicyclic) bond motifs is 1. The zero-order chi connectivity index (χ0) is 28.4. The van der Waals surface area contributed by atoms with Crippen LogP contribution in [-0.2, 0) is 25.6 Å². The van der Waals surface area contributed by atoms with Gasteiger partial charge in [0.2, 0.25) is 17.7 Å². The average Bonchev–Trinajstić information content (AvgIpc) is 2.86. The van der Waals surface area contributed by atoms with Crippen LogP contribution in [-0.4, -0.2) is 35.1 Å². The van der Waals surface area contributed by atoms with Crippen LogP contribution < -0.4 is 16.0 Å². The first-order valence-corrected chi connectivity index (χ1v) is 13.4. The number of carbonyl (C=O) groups is 4. The Morgan fingerprint density at radius 2 is 1.44 bits per heavy atom. The number of Topliss-reactive ketones (excluding diaryl/α,β-unsaturated/α-hetero) is 1. The van der Waals surface area contributed by atoms with Crippen LogP contribution in [0.1, 0.15) is 58.9 Å². The fraction of sp³-hybridized carbons (Fsp3) is 0.375. The summed E-state index contributed by atoms with van der Waals surface area (Å²) >= 11 is 0. The molecule has 0 saturated carbocycles. The summed E-state index contributed by atoms with van der Waals surface area (Å²) in [5.74, 6) is -1.83. The Bertz CT molecular complexity index is 1290. The Kier molecular flexibility index (Phi) is 10.4. The summed E-state index contributed by atoms with van der Waals surface area (Å²) in [6, 6.07) is 22.7. The predicted molar refractivity (Wildman–Crippen MR) is 155 cm³/mol. The highest BCUT2D eigenvalue weighted by Gasteiger charge is 2.27. The van der Waals surface area contributed by atoms with E-state index in [4.69, 9.17) is 0 Å². The number of benzene rings is 3. The molecule has 3 aromatic rings. The van der Waals surface area contributed by atoms with E-state index in [0.29, 0.717) is 12.1 Å². The van der Waals surface area contributed by atoms with Gasteiger partial charge in [0, 0.05) is 48.3 Å². The van der Waals surface area contributed by atoms with E-state index in [2.05, 4.69) is 16.0 Å². The van der Waals surface area contributed by atoms with Crippen LogP contribution in [0.4, 0.5) is 5.69 Å². The van der Waals surface area contributed by atoms with Gasteiger partial charge in [-0.05, 0) is 51.1 Å². The van der Waals surface area contributed by atoms with Crippen molar-refractivity contribution in [2.75, 3.05) is 5.32 Å². The molecule has 7 heteroatoms. The number of nitrogens with one attached hydrogen (secondary N) is 3. The number of ketones is 1. The van der Waals surface area contributed by atoms with Crippen molar-refractivity contribution in [2.45, 2.75) is 71.4 Å². The van der Waals surface area contributed by atoms with E-state index in [1.807, 2.05) is 93.6 Å². The average molecular weight is 530 g/mol. The monoisotopic (exact) mass is 529 g/mol. The second-order valence-electron chi connectivity index (χ2n) is 11.1. The number of anilines is 1. The third kappa shape index (κ3) is 10.0. The molecule has 0 aliphatic carbocycles. The minimum atomic E-state index is -0.820. The van der Waals surface area contributed by atoms with Gasteiger partial charge in [-0.15, -0.1) is 0 Å². The van der Waals surface area contributed by atoms with Gasteiger partial charge in [0.25, 0.3) is 0 Å². The lowest BCUT2D eigenvalue weighted by molar-refractivity contribution is -0.134. The maximum Gasteiger partial charge on any atom is 0.226 e. The maximum absolute atomic E-state index is 13.2. The Hall–Kier alpha value is -4.00. The third-order valence-electron chi connectivity index (χ3n) is 6.27. The van der Waals surface area contributed by atoms with Gasteiger partial charge in [-0.2, -0.15) is 0 Å². The smallest absolute Gasteiger partial charge is 0.226 e. The molecule has 0 aliphatic heterocycles. The molecule has 7 nitrogen and oxygen atoms in total. The number of aryl methyl sites for hydroxylation is 1. The zero-order valence-corrected chi connectivity index (χ0v) is 23.3. The van der Waals surface area contributed by atoms with Crippen LogP contribution in [0.3, 0.4) is 0 Å². The molecule has 2 atom stereocenters. The van der Waals surface area contributed by atoms with Gasteiger partial charge >= 0.3 is 0 Å². The fourth-order valence-electron chi connectivity index (χ4n) is 4.48. The van der Waals surface area contributed by atoms with Gasteiger partial charge in [0.15, 0.2) is 0 Å². The van der Waals surface area contributed by atoms with E-state index in [-0.39, 0.29) is 43.3 Å². The molecular weight excluding hydrogens is 490 g/mol. The van der Waals surface area contributed by atoms with Gasteiger partial charge in [-0.25, -0.2) is 0 Å². The first-order chi connectivity index (χ1) is 18.5.